The summed E-state index contributed by atoms with van der Waals surface area (Å²) in [5, 5.41) is 10.1. The Morgan fingerprint density at radius 3 is 2.20 bits per heavy atom. The smallest absolute Gasteiger partial charge is 0.306 e. The molecule has 1 heterocycles. The Morgan fingerprint density at radius 2 is 1.64 bits per heavy atom. The maximum atomic E-state index is 13.3. The molecule has 3 rings (SSSR count). The summed E-state index contributed by atoms with van der Waals surface area (Å²) in [6, 6.07) is 11.7. The lowest BCUT2D eigenvalue weighted by molar-refractivity contribution is -0.143. The minimum atomic E-state index is -0.743. The number of likely N-dealkylation sites (tertiary alicyclic amines) is 1. The van der Waals surface area contributed by atoms with E-state index in [2.05, 4.69) is 4.90 Å². The molecule has 3 nitrogen and oxygen atoms in total. The van der Waals surface area contributed by atoms with E-state index in [-0.39, 0.29) is 17.8 Å². The standard InChI is InChI=1S/C19H18Cl2FNO2/c20-16-6-3-14(11-17(16)21)18(12-1-4-15(22)5-2-12)23-9-7-13(8-10-23)19(24)25/h1-6,11,13,18H,7-10H2,(H,24,25). The van der Waals surface area contributed by atoms with Crippen LogP contribution in [0.5, 0.6) is 0 Å². The second-order valence-electron chi connectivity index (χ2n) is 6.28. The van der Waals surface area contributed by atoms with Crippen LogP contribution in [0.15, 0.2) is 42.5 Å². The Bertz CT molecular complexity index is 759. The molecule has 1 unspecified atom stereocenters. The van der Waals surface area contributed by atoms with Crippen molar-refractivity contribution in [1.29, 1.82) is 0 Å². The summed E-state index contributed by atoms with van der Waals surface area (Å²) in [6.45, 7) is 1.30. The van der Waals surface area contributed by atoms with Gasteiger partial charge in [0.25, 0.3) is 0 Å². The van der Waals surface area contributed by atoms with Crippen LogP contribution < -0.4 is 0 Å². The first-order valence-corrected chi connectivity index (χ1v) is 8.88. The van der Waals surface area contributed by atoms with Crippen molar-refractivity contribution in [2.45, 2.75) is 18.9 Å². The van der Waals surface area contributed by atoms with Crippen molar-refractivity contribution in [3.05, 3.63) is 69.5 Å². The molecule has 0 amide bonds. The number of aliphatic carboxylic acids is 1. The van der Waals surface area contributed by atoms with Crippen LogP contribution in [0, 0.1) is 11.7 Å². The monoisotopic (exact) mass is 381 g/mol. The number of carbonyl (C=O) groups is 1. The van der Waals surface area contributed by atoms with Crippen molar-refractivity contribution in [3.63, 3.8) is 0 Å². The van der Waals surface area contributed by atoms with Crippen LogP contribution in [0.1, 0.15) is 30.0 Å². The topological polar surface area (TPSA) is 40.5 Å². The molecule has 1 atom stereocenters. The number of hydrogen-bond acceptors (Lipinski definition) is 2. The fourth-order valence-corrected chi connectivity index (χ4v) is 3.65. The van der Waals surface area contributed by atoms with Gasteiger partial charge in [-0.05, 0) is 61.3 Å². The van der Waals surface area contributed by atoms with E-state index in [4.69, 9.17) is 23.2 Å². The average molecular weight is 382 g/mol. The summed E-state index contributed by atoms with van der Waals surface area (Å²) < 4.78 is 13.3. The van der Waals surface area contributed by atoms with Crippen LogP contribution in [-0.2, 0) is 4.79 Å². The number of rotatable bonds is 4. The number of carboxylic acid groups (broad SMARTS) is 1. The fourth-order valence-electron chi connectivity index (χ4n) is 3.35. The van der Waals surface area contributed by atoms with Crippen molar-refractivity contribution >= 4 is 29.2 Å². The van der Waals surface area contributed by atoms with Gasteiger partial charge in [0.05, 0.1) is 22.0 Å². The van der Waals surface area contributed by atoms with Gasteiger partial charge in [0.1, 0.15) is 5.82 Å². The number of carboxylic acids is 1. The Hall–Kier alpha value is -1.62. The molecule has 1 fully saturated rings. The molecule has 1 saturated heterocycles. The lowest BCUT2D eigenvalue weighted by Crippen LogP contribution is -2.39. The third-order valence-corrected chi connectivity index (χ3v) is 5.43. The van der Waals surface area contributed by atoms with Gasteiger partial charge in [-0.25, -0.2) is 4.39 Å². The minimum Gasteiger partial charge on any atom is -0.481 e. The highest BCUT2D eigenvalue weighted by atomic mass is 35.5. The van der Waals surface area contributed by atoms with Crippen molar-refractivity contribution in [1.82, 2.24) is 4.90 Å². The first kappa shape index (κ1) is 18.2. The van der Waals surface area contributed by atoms with Gasteiger partial charge in [0.2, 0.25) is 0 Å². The minimum absolute atomic E-state index is 0.120. The Morgan fingerprint density at radius 1 is 1.04 bits per heavy atom. The van der Waals surface area contributed by atoms with Crippen LogP contribution in [0.2, 0.25) is 10.0 Å². The molecule has 0 bridgehead atoms. The van der Waals surface area contributed by atoms with E-state index in [0.29, 0.717) is 36.0 Å². The molecule has 1 N–H and O–H groups in total. The molecule has 0 saturated carbocycles. The third kappa shape index (κ3) is 4.14. The molecular formula is C19H18Cl2FNO2. The van der Waals surface area contributed by atoms with Crippen LogP contribution in [0.4, 0.5) is 4.39 Å². The highest BCUT2D eigenvalue weighted by molar-refractivity contribution is 6.42. The lowest BCUT2D eigenvalue weighted by atomic mass is 9.91. The Labute approximate surface area is 156 Å². The average Bonchev–Trinajstić information content (AvgIpc) is 2.60. The molecule has 1 aliphatic rings. The zero-order valence-corrected chi connectivity index (χ0v) is 15.0. The fraction of sp³-hybridized carbons (Fsp3) is 0.316. The summed E-state index contributed by atoms with van der Waals surface area (Å²) in [4.78, 5) is 13.4. The molecule has 0 aromatic heterocycles. The molecule has 25 heavy (non-hydrogen) atoms. The number of benzene rings is 2. The predicted octanol–water partition coefficient (Wildman–Crippen LogP) is 5.02. The largest absolute Gasteiger partial charge is 0.481 e. The van der Waals surface area contributed by atoms with E-state index in [9.17, 15) is 14.3 Å². The second kappa shape index (κ2) is 7.73. The van der Waals surface area contributed by atoms with Crippen LogP contribution in [0.3, 0.4) is 0 Å². The van der Waals surface area contributed by atoms with Crippen LogP contribution in [0.25, 0.3) is 0 Å². The van der Waals surface area contributed by atoms with Gasteiger partial charge in [-0.3, -0.25) is 9.69 Å². The molecular weight excluding hydrogens is 364 g/mol. The van der Waals surface area contributed by atoms with Gasteiger partial charge in [-0.1, -0.05) is 41.4 Å². The Balaban J connectivity index is 1.93. The van der Waals surface area contributed by atoms with Crippen molar-refractivity contribution < 1.29 is 14.3 Å². The van der Waals surface area contributed by atoms with Crippen LogP contribution in [-0.4, -0.2) is 29.1 Å². The van der Waals surface area contributed by atoms with Gasteiger partial charge in [0.15, 0.2) is 0 Å². The van der Waals surface area contributed by atoms with E-state index >= 15 is 0 Å². The molecule has 0 aliphatic carbocycles. The zero-order valence-electron chi connectivity index (χ0n) is 13.5. The van der Waals surface area contributed by atoms with E-state index < -0.39 is 5.97 Å². The number of nitrogens with zero attached hydrogens (tertiary/aromatic N) is 1. The van der Waals surface area contributed by atoms with Crippen molar-refractivity contribution in [2.24, 2.45) is 5.92 Å². The SMILES string of the molecule is O=C(O)C1CCN(C(c2ccc(F)cc2)c2ccc(Cl)c(Cl)c2)CC1. The number of piperidine rings is 1. The van der Waals surface area contributed by atoms with Crippen molar-refractivity contribution in [2.75, 3.05) is 13.1 Å². The summed E-state index contributed by atoms with van der Waals surface area (Å²) in [5.74, 6) is -1.34. The third-order valence-electron chi connectivity index (χ3n) is 4.69. The highest BCUT2D eigenvalue weighted by Gasteiger charge is 2.30. The molecule has 6 heteroatoms. The number of halogens is 3. The quantitative estimate of drug-likeness (QED) is 0.808. The van der Waals surface area contributed by atoms with Crippen LogP contribution >= 0.6 is 23.2 Å². The summed E-state index contributed by atoms with van der Waals surface area (Å²) in [7, 11) is 0. The first-order valence-electron chi connectivity index (χ1n) is 8.13. The van der Waals surface area contributed by atoms with Gasteiger partial charge >= 0.3 is 5.97 Å². The van der Waals surface area contributed by atoms with E-state index in [1.807, 2.05) is 12.1 Å². The highest BCUT2D eigenvalue weighted by Crippen LogP contribution is 2.35. The predicted molar refractivity (Wildman–Crippen MR) is 96.6 cm³/mol. The van der Waals surface area contributed by atoms with Gasteiger partial charge in [-0.15, -0.1) is 0 Å². The lowest BCUT2D eigenvalue weighted by Gasteiger charge is -2.37. The van der Waals surface area contributed by atoms with Gasteiger partial charge in [-0.2, -0.15) is 0 Å². The molecule has 132 valence electrons. The second-order valence-corrected chi connectivity index (χ2v) is 7.09. The summed E-state index contributed by atoms with van der Waals surface area (Å²) in [6.07, 6.45) is 1.18. The summed E-state index contributed by atoms with van der Waals surface area (Å²) in [5.41, 5.74) is 1.89. The molecule has 2 aromatic rings. The van der Waals surface area contributed by atoms with E-state index in [0.717, 1.165) is 11.1 Å². The van der Waals surface area contributed by atoms with Crippen molar-refractivity contribution in [3.8, 4) is 0 Å². The summed E-state index contributed by atoms with van der Waals surface area (Å²) >= 11 is 12.2. The Kier molecular flexibility index (Phi) is 5.62. The zero-order chi connectivity index (χ0) is 18.0. The van der Waals surface area contributed by atoms with E-state index in [1.54, 1.807) is 18.2 Å². The maximum Gasteiger partial charge on any atom is 0.306 e. The first-order chi connectivity index (χ1) is 12.0. The molecule has 2 aromatic carbocycles. The molecule has 1 aliphatic heterocycles. The van der Waals surface area contributed by atoms with Gasteiger partial charge < -0.3 is 5.11 Å². The van der Waals surface area contributed by atoms with E-state index in [1.165, 1.54) is 12.1 Å². The van der Waals surface area contributed by atoms with Gasteiger partial charge in [0, 0.05) is 0 Å². The maximum absolute atomic E-state index is 13.3. The normalized spacial score (nSPS) is 17.4. The number of hydrogen-bond donors (Lipinski definition) is 1. The molecule has 0 spiro atoms. The molecule has 0 radical (unpaired) electrons.